The lowest BCUT2D eigenvalue weighted by Gasteiger charge is -2.06. The number of hydrogen-bond donors (Lipinski definition) is 1. The molecular weight excluding hydrogens is 368 g/mol. The number of carbonyl (C=O) groups excluding carboxylic acids is 1. The van der Waals surface area contributed by atoms with Gasteiger partial charge in [-0.3, -0.25) is 4.79 Å². The number of amides is 1. The van der Waals surface area contributed by atoms with Crippen molar-refractivity contribution in [2.45, 2.75) is 18.6 Å². The molecule has 0 fully saturated rings. The summed E-state index contributed by atoms with van der Waals surface area (Å²) in [6.07, 6.45) is 0. The highest BCUT2D eigenvalue weighted by Crippen LogP contribution is 2.23. The van der Waals surface area contributed by atoms with Crippen LogP contribution in [0.3, 0.4) is 0 Å². The normalized spacial score (nSPS) is 10.7. The third-order valence-corrected chi connectivity index (χ3v) is 5.08. The minimum absolute atomic E-state index is 0.0601. The number of hydrogen-bond acceptors (Lipinski definition) is 4. The van der Waals surface area contributed by atoms with Crippen molar-refractivity contribution < 1.29 is 4.79 Å². The molecule has 0 unspecified atom stereocenters. The molecule has 3 aromatic rings. The first-order valence-corrected chi connectivity index (χ1v) is 9.49. The van der Waals surface area contributed by atoms with Gasteiger partial charge in [-0.2, -0.15) is 0 Å². The molecule has 0 spiro atoms. The molecule has 2 aromatic carbocycles. The van der Waals surface area contributed by atoms with Crippen molar-refractivity contribution in [3.8, 4) is 11.4 Å². The molecule has 1 heterocycles. The third-order valence-electron chi connectivity index (χ3n) is 3.82. The molecule has 26 heavy (non-hydrogen) atoms. The maximum Gasteiger partial charge on any atom is 0.230 e. The summed E-state index contributed by atoms with van der Waals surface area (Å²) in [5.41, 5.74) is 3.15. The second-order valence-corrected chi connectivity index (χ2v) is 7.31. The van der Waals surface area contributed by atoms with Crippen LogP contribution in [0.15, 0.2) is 53.7 Å². The SMILES string of the molecule is Cc1cccc(-c2nnc(SCC(=O)NCc3cccc(Cl)c3)n2C)c1. The molecule has 0 saturated carbocycles. The molecule has 7 heteroatoms. The van der Waals surface area contributed by atoms with E-state index in [2.05, 4.69) is 21.6 Å². The molecule has 3 rings (SSSR count). The van der Waals surface area contributed by atoms with Crippen LogP contribution in [0.25, 0.3) is 11.4 Å². The smallest absolute Gasteiger partial charge is 0.230 e. The Balaban J connectivity index is 1.57. The van der Waals surface area contributed by atoms with E-state index in [1.165, 1.54) is 17.3 Å². The van der Waals surface area contributed by atoms with Gasteiger partial charge in [-0.15, -0.1) is 10.2 Å². The van der Waals surface area contributed by atoms with Gasteiger partial charge in [-0.25, -0.2) is 0 Å². The highest BCUT2D eigenvalue weighted by molar-refractivity contribution is 7.99. The number of carbonyl (C=O) groups is 1. The number of nitrogens with one attached hydrogen (secondary N) is 1. The summed E-state index contributed by atoms with van der Waals surface area (Å²) < 4.78 is 1.91. The molecule has 134 valence electrons. The monoisotopic (exact) mass is 386 g/mol. The van der Waals surface area contributed by atoms with E-state index >= 15 is 0 Å². The van der Waals surface area contributed by atoms with Crippen molar-refractivity contribution >= 4 is 29.3 Å². The summed E-state index contributed by atoms with van der Waals surface area (Å²) >= 11 is 7.31. The number of halogens is 1. The van der Waals surface area contributed by atoms with E-state index < -0.39 is 0 Å². The van der Waals surface area contributed by atoms with Gasteiger partial charge >= 0.3 is 0 Å². The first-order chi connectivity index (χ1) is 12.5. The Labute approximate surface area is 161 Å². The third kappa shape index (κ3) is 4.65. The second-order valence-electron chi connectivity index (χ2n) is 5.93. The number of aryl methyl sites for hydroxylation is 1. The highest BCUT2D eigenvalue weighted by atomic mass is 35.5. The Morgan fingerprint density at radius 2 is 2.00 bits per heavy atom. The lowest BCUT2D eigenvalue weighted by atomic mass is 10.1. The molecular formula is C19H19ClN4OS. The molecule has 0 aliphatic rings. The molecule has 1 aromatic heterocycles. The van der Waals surface area contributed by atoms with Gasteiger partial charge in [-0.1, -0.05) is 59.3 Å². The van der Waals surface area contributed by atoms with Gasteiger partial charge < -0.3 is 9.88 Å². The van der Waals surface area contributed by atoms with Crippen LogP contribution in [0.2, 0.25) is 5.02 Å². The summed E-state index contributed by atoms with van der Waals surface area (Å²) in [5.74, 6) is 1.01. The van der Waals surface area contributed by atoms with E-state index in [0.29, 0.717) is 16.7 Å². The molecule has 0 saturated heterocycles. The molecule has 0 bridgehead atoms. The zero-order valence-electron chi connectivity index (χ0n) is 14.6. The van der Waals surface area contributed by atoms with Gasteiger partial charge in [0.25, 0.3) is 0 Å². The lowest BCUT2D eigenvalue weighted by molar-refractivity contribution is -0.118. The van der Waals surface area contributed by atoms with E-state index in [4.69, 9.17) is 11.6 Å². The highest BCUT2D eigenvalue weighted by Gasteiger charge is 2.13. The molecule has 0 atom stereocenters. The van der Waals surface area contributed by atoms with E-state index in [9.17, 15) is 4.79 Å². The summed E-state index contributed by atoms with van der Waals surface area (Å²) in [4.78, 5) is 12.1. The minimum Gasteiger partial charge on any atom is -0.351 e. The summed E-state index contributed by atoms with van der Waals surface area (Å²) in [7, 11) is 1.91. The Hall–Kier alpha value is -2.31. The lowest BCUT2D eigenvalue weighted by Crippen LogP contribution is -2.24. The maximum absolute atomic E-state index is 12.1. The Morgan fingerprint density at radius 3 is 2.77 bits per heavy atom. The van der Waals surface area contributed by atoms with Gasteiger partial charge in [0, 0.05) is 24.2 Å². The van der Waals surface area contributed by atoms with Crippen LogP contribution >= 0.6 is 23.4 Å². The van der Waals surface area contributed by atoms with Crippen LogP contribution < -0.4 is 5.32 Å². The van der Waals surface area contributed by atoms with Crippen molar-refractivity contribution in [1.29, 1.82) is 0 Å². The molecule has 0 aliphatic carbocycles. The number of benzene rings is 2. The first kappa shape index (κ1) is 18.5. The second kappa shape index (κ2) is 8.38. The van der Waals surface area contributed by atoms with Crippen molar-refractivity contribution in [2.24, 2.45) is 7.05 Å². The maximum atomic E-state index is 12.1. The van der Waals surface area contributed by atoms with E-state index in [-0.39, 0.29) is 11.7 Å². The zero-order valence-corrected chi connectivity index (χ0v) is 16.1. The summed E-state index contributed by atoms with van der Waals surface area (Å²) in [6, 6.07) is 15.5. The first-order valence-electron chi connectivity index (χ1n) is 8.13. The summed E-state index contributed by atoms with van der Waals surface area (Å²) in [6.45, 7) is 2.49. The predicted octanol–water partition coefficient (Wildman–Crippen LogP) is 3.85. The molecule has 0 radical (unpaired) electrons. The van der Waals surface area contributed by atoms with Crippen LogP contribution in [0, 0.1) is 6.92 Å². The van der Waals surface area contributed by atoms with E-state index in [1.807, 2.05) is 61.0 Å². The molecule has 1 N–H and O–H groups in total. The predicted molar refractivity (Wildman–Crippen MR) is 105 cm³/mol. The quantitative estimate of drug-likeness (QED) is 0.653. The van der Waals surface area contributed by atoms with Crippen LogP contribution in [0.1, 0.15) is 11.1 Å². The zero-order chi connectivity index (χ0) is 18.5. The Kier molecular flexibility index (Phi) is 5.96. The average molecular weight is 387 g/mol. The number of thioether (sulfide) groups is 1. The summed E-state index contributed by atoms with van der Waals surface area (Å²) in [5, 5.41) is 12.7. The Morgan fingerprint density at radius 1 is 1.19 bits per heavy atom. The van der Waals surface area contributed by atoms with Crippen molar-refractivity contribution in [3.05, 3.63) is 64.7 Å². The Bertz CT molecular complexity index is 925. The van der Waals surface area contributed by atoms with Gasteiger partial charge in [0.15, 0.2) is 11.0 Å². The fourth-order valence-electron chi connectivity index (χ4n) is 2.50. The van der Waals surface area contributed by atoms with Crippen molar-refractivity contribution in [3.63, 3.8) is 0 Å². The molecule has 0 aliphatic heterocycles. The average Bonchev–Trinajstić information content (AvgIpc) is 2.99. The van der Waals surface area contributed by atoms with Gasteiger partial charge in [-0.05, 0) is 30.7 Å². The van der Waals surface area contributed by atoms with Crippen LogP contribution in [-0.4, -0.2) is 26.4 Å². The van der Waals surface area contributed by atoms with Gasteiger partial charge in [0.2, 0.25) is 5.91 Å². The molecule has 1 amide bonds. The van der Waals surface area contributed by atoms with E-state index in [0.717, 1.165) is 17.0 Å². The van der Waals surface area contributed by atoms with Crippen LogP contribution in [0.4, 0.5) is 0 Å². The number of nitrogens with zero attached hydrogens (tertiary/aromatic N) is 3. The standard InChI is InChI=1S/C19H19ClN4OS/c1-13-5-3-7-15(9-13)18-22-23-19(24(18)2)26-12-17(25)21-11-14-6-4-8-16(20)10-14/h3-10H,11-12H2,1-2H3,(H,21,25). The fourth-order valence-corrected chi connectivity index (χ4v) is 3.46. The fraction of sp³-hybridized carbons (Fsp3) is 0.211. The van der Waals surface area contributed by atoms with Crippen LogP contribution in [-0.2, 0) is 18.4 Å². The van der Waals surface area contributed by atoms with Gasteiger partial charge in [0.1, 0.15) is 0 Å². The van der Waals surface area contributed by atoms with Crippen molar-refractivity contribution in [2.75, 3.05) is 5.75 Å². The van der Waals surface area contributed by atoms with Crippen molar-refractivity contribution in [1.82, 2.24) is 20.1 Å². The topological polar surface area (TPSA) is 59.8 Å². The number of aromatic nitrogens is 3. The van der Waals surface area contributed by atoms with E-state index in [1.54, 1.807) is 0 Å². The molecule has 5 nitrogen and oxygen atoms in total. The number of rotatable bonds is 6. The minimum atomic E-state index is -0.0601. The largest absolute Gasteiger partial charge is 0.351 e. The van der Waals surface area contributed by atoms with Gasteiger partial charge in [0.05, 0.1) is 5.75 Å². The van der Waals surface area contributed by atoms with Crippen LogP contribution in [0.5, 0.6) is 0 Å².